The molecule has 1 amide bonds. The first-order valence-electron chi connectivity index (χ1n) is 7.47. The second-order valence-electron chi connectivity index (χ2n) is 5.48. The van der Waals surface area contributed by atoms with Crippen molar-refractivity contribution in [2.24, 2.45) is 0 Å². The van der Waals surface area contributed by atoms with Gasteiger partial charge in [-0.15, -0.1) is 0 Å². The molecule has 1 aromatic carbocycles. The number of benzene rings is 1. The largest absolute Gasteiger partial charge is 0.497 e. The van der Waals surface area contributed by atoms with Crippen molar-refractivity contribution in [1.82, 2.24) is 10.2 Å². The molecule has 1 saturated heterocycles. The molecule has 21 heavy (non-hydrogen) atoms. The summed E-state index contributed by atoms with van der Waals surface area (Å²) in [7, 11) is 1.65. The minimum absolute atomic E-state index is 0.0256. The van der Waals surface area contributed by atoms with E-state index < -0.39 is 0 Å². The smallest absolute Gasteiger partial charge is 0.234 e. The van der Waals surface area contributed by atoms with Gasteiger partial charge in [0.1, 0.15) is 5.75 Å². The van der Waals surface area contributed by atoms with Gasteiger partial charge in [-0.1, -0.05) is 12.1 Å². The normalized spacial score (nSPS) is 19.2. The van der Waals surface area contributed by atoms with Gasteiger partial charge in [0.25, 0.3) is 0 Å². The van der Waals surface area contributed by atoms with Crippen LogP contribution in [-0.2, 0) is 11.2 Å². The highest BCUT2D eigenvalue weighted by atomic mass is 16.5. The van der Waals surface area contributed by atoms with Crippen molar-refractivity contribution < 1.29 is 14.6 Å². The van der Waals surface area contributed by atoms with E-state index >= 15 is 0 Å². The lowest BCUT2D eigenvalue weighted by Gasteiger charge is -2.29. The lowest BCUT2D eigenvalue weighted by atomic mass is 10.1. The molecule has 1 atom stereocenters. The molecular weight excluding hydrogens is 268 g/mol. The van der Waals surface area contributed by atoms with Crippen LogP contribution in [0.1, 0.15) is 18.4 Å². The van der Waals surface area contributed by atoms with Gasteiger partial charge < -0.3 is 15.2 Å². The molecule has 5 nitrogen and oxygen atoms in total. The fourth-order valence-corrected chi connectivity index (χ4v) is 2.57. The first kappa shape index (κ1) is 15.8. The number of amides is 1. The van der Waals surface area contributed by atoms with Crippen LogP contribution >= 0.6 is 0 Å². The lowest BCUT2D eigenvalue weighted by Crippen LogP contribution is -2.44. The third-order valence-corrected chi connectivity index (χ3v) is 3.74. The zero-order valence-electron chi connectivity index (χ0n) is 12.5. The summed E-state index contributed by atoms with van der Waals surface area (Å²) in [6.07, 6.45) is 2.32. The van der Waals surface area contributed by atoms with E-state index in [1.165, 1.54) is 5.56 Å². The quantitative estimate of drug-likeness (QED) is 0.814. The molecule has 5 heteroatoms. The summed E-state index contributed by atoms with van der Waals surface area (Å²) in [5.74, 6) is 0.865. The molecule has 0 bridgehead atoms. The van der Waals surface area contributed by atoms with Gasteiger partial charge in [-0.2, -0.15) is 0 Å². The standard InChI is InChI=1S/C16H24N2O3/c1-21-15-6-4-13(5-7-15)8-9-17-16(20)12-18-10-2-3-14(19)11-18/h4-7,14,19H,2-3,8-12H2,1H3,(H,17,20). The monoisotopic (exact) mass is 292 g/mol. The molecule has 0 spiro atoms. The fourth-order valence-electron chi connectivity index (χ4n) is 2.57. The number of nitrogens with zero attached hydrogens (tertiary/aromatic N) is 1. The van der Waals surface area contributed by atoms with Crippen molar-refractivity contribution in [3.8, 4) is 5.75 Å². The Bertz CT molecular complexity index is 447. The van der Waals surface area contributed by atoms with Crippen LogP contribution in [0.4, 0.5) is 0 Å². The average Bonchev–Trinajstić information content (AvgIpc) is 2.48. The van der Waals surface area contributed by atoms with Crippen LogP contribution in [0.15, 0.2) is 24.3 Å². The van der Waals surface area contributed by atoms with E-state index in [0.717, 1.165) is 31.6 Å². The molecule has 1 aliphatic rings. The summed E-state index contributed by atoms with van der Waals surface area (Å²) >= 11 is 0. The zero-order chi connectivity index (χ0) is 15.1. The Hall–Kier alpha value is -1.59. The highest BCUT2D eigenvalue weighted by Gasteiger charge is 2.19. The number of hydrogen-bond donors (Lipinski definition) is 2. The first-order chi connectivity index (χ1) is 10.2. The van der Waals surface area contributed by atoms with E-state index in [-0.39, 0.29) is 12.0 Å². The van der Waals surface area contributed by atoms with Crippen molar-refractivity contribution in [3.05, 3.63) is 29.8 Å². The number of likely N-dealkylation sites (tertiary alicyclic amines) is 1. The minimum atomic E-state index is -0.286. The molecule has 0 radical (unpaired) electrons. The lowest BCUT2D eigenvalue weighted by molar-refractivity contribution is -0.122. The average molecular weight is 292 g/mol. The maximum Gasteiger partial charge on any atom is 0.234 e. The SMILES string of the molecule is COc1ccc(CCNC(=O)CN2CCCC(O)C2)cc1. The molecule has 116 valence electrons. The van der Waals surface area contributed by atoms with Crippen LogP contribution in [0.3, 0.4) is 0 Å². The van der Waals surface area contributed by atoms with Crippen LogP contribution in [0.2, 0.25) is 0 Å². The van der Waals surface area contributed by atoms with Gasteiger partial charge in [0.15, 0.2) is 0 Å². The second kappa shape index (κ2) is 8.00. The Kier molecular flexibility index (Phi) is 6.02. The molecule has 1 heterocycles. The Morgan fingerprint density at radius 2 is 2.19 bits per heavy atom. The molecule has 2 N–H and O–H groups in total. The van der Waals surface area contributed by atoms with Crippen LogP contribution in [0, 0.1) is 0 Å². The van der Waals surface area contributed by atoms with Crippen molar-refractivity contribution in [2.45, 2.75) is 25.4 Å². The van der Waals surface area contributed by atoms with E-state index in [1.54, 1.807) is 7.11 Å². The van der Waals surface area contributed by atoms with Crippen LogP contribution in [0.25, 0.3) is 0 Å². The van der Waals surface area contributed by atoms with Crippen molar-refractivity contribution in [1.29, 1.82) is 0 Å². The van der Waals surface area contributed by atoms with E-state index in [0.29, 0.717) is 19.6 Å². The van der Waals surface area contributed by atoms with Crippen LogP contribution in [-0.4, -0.2) is 55.3 Å². The van der Waals surface area contributed by atoms with Crippen molar-refractivity contribution >= 4 is 5.91 Å². The summed E-state index contributed by atoms with van der Waals surface area (Å²) in [4.78, 5) is 13.9. The number of carbonyl (C=O) groups excluding carboxylic acids is 1. The van der Waals surface area contributed by atoms with E-state index in [1.807, 2.05) is 29.2 Å². The topological polar surface area (TPSA) is 61.8 Å². The van der Waals surface area contributed by atoms with E-state index in [9.17, 15) is 9.90 Å². The molecule has 0 aliphatic carbocycles. The van der Waals surface area contributed by atoms with Gasteiger partial charge in [-0.3, -0.25) is 9.69 Å². The summed E-state index contributed by atoms with van der Waals surface area (Å²) in [6, 6.07) is 7.86. The number of carbonyl (C=O) groups is 1. The predicted molar refractivity (Wildman–Crippen MR) is 81.4 cm³/mol. The Morgan fingerprint density at radius 1 is 1.43 bits per heavy atom. The van der Waals surface area contributed by atoms with Crippen molar-refractivity contribution in [2.75, 3.05) is 33.3 Å². The third kappa shape index (κ3) is 5.36. The first-order valence-corrected chi connectivity index (χ1v) is 7.47. The summed E-state index contributed by atoms with van der Waals surface area (Å²) in [5, 5.41) is 12.5. The maximum absolute atomic E-state index is 11.9. The number of β-amino-alcohol motifs (C(OH)–C–C–N with tert-alkyl or cyclic N) is 1. The molecule has 2 rings (SSSR count). The number of aliphatic hydroxyl groups excluding tert-OH is 1. The molecule has 0 aromatic heterocycles. The summed E-state index contributed by atoms with van der Waals surface area (Å²) < 4.78 is 5.11. The number of rotatable bonds is 6. The number of piperidine rings is 1. The summed E-state index contributed by atoms with van der Waals surface area (Å²) in [6.45, 7) is 2.50. The van der Waals surface area contributed by atoms with Gasteiger partial charge in [0.05, 0.1) is 19.8 Å². The fraction of sp³-hybridized carbons (Fsp3) is 0.562. The number of hydrogen-bond acceptors (Lipinski definition) is 4. The number of nitrogens with one attached hydrogen (secondary N) is 1. The van der Waals surface area contributed by atoms with Crippen molar-refractivity contribution in [3.63, 3.8) is 0 Å². The highest BCUT2D eigenvalue weighted by molar-refractivity contribution is 5.78. The predicted octanol–water partition coefficient (Wildman–Crippen LogP) is 0.811. The highest BCUT2D eigenvalue weighted by Crippen LogP contribution is 2.11. The third-order valence-electron chi connectivity index (χ3n) is 3.74. The van der Waals surface area contributed by atoms with Gasteiger partial charge >= 0.3 is 0 Å². The Morgan fingerprint density at radius 3 is 2.86 bits per heavy atom. The van der Waals surface area contributed by atoms with Gasteiger partial charge in [0, 0.05) is 13.1 Å². The van der Waals surface area contributed by atoms with E-state index in [2.05, 4.69) is 5.32 Å². The molecular formula is C16H24N2O3. The molecule has 1 aromatic rings. The minimum Gasteiger partial charge on any atom is -0.497 e. The maximum atomic E-state index is 11.9. The number of aliphatic hydroxyl groups is 1. The molecule has 1 aliphatic heterocycles. The molecule has 0 saturated carbocycles. The summed E-state index contributed by atoms with van der Waals surface area (Å²) in [5.41, 5.74) is 1.17. The second-order valence-corrected chi connectivity index (χ2v) is 5.48. The Labute approximate surface area is 125 Å². The van der Waals surface area contributed by atoms with Gasteiger partial charge in [0.2, 0.25) is 5.91 Å². The number of ether oxygens (including phenoxy) is 1. The van der Waals surface area contributed by atoms with E-state index in [4.69, 9.17) is 4.74 Å². The van der Waals surface area contributed by atoms with Crippen LogP contribution in [0.5, 0.6) is 5.75 Å². The molecule has 1 fully saturated rings. The zero-order valence-corrected chi connectivity index (χ0v) is 12.5. The number of methoxy groups -OCH3 is 1. The molecule has 1 unspecified atom stereocenters. The van der Waals surface area contributed by atoms with Gasteiger partial charge in [-0.25, -0.2) is 0 Å². The van der Waals surface area contributed by atoms with Crippen LogP contribution < -0.4 is 10.1 Å². The van der Waals surface area contributed by atoms with Gasteiger partial charge in [-0.05, 0) is 43.5 Å². The Balaban J connectivity index is 1.66.